The monoisotopic (exact) mass is 191 g/mol. The van der Waals surface area contributed by atoms with E-state index in [-0.39, 0.29) is 12.8 Å². The number of rotatable bonds is 1. The SMILES string of the molecule is Cc1cn(C2(C(F)(F)F)CC2)nn1. The molecule has 0 spiro atoms. The summed E-state index contributed by atoms with van der Waals surface area (Å²) in [5, 5.41) is 7.01. The average molecular weight is 191 g/mol. The first kappa shape index (κ1) is 8.52. The predicted molar refractivity (Wildman–Crippen MR) is 38.0 cm³/mol. The third-order valence-electron chi connectivity index (χ3n) is 2.30. The van der Waals surface area contributed by atoms with Gasteiger partial charge in [-0.15, -0.1) is 5.10 Å². The highest BCUT2D eigenvalue weighted by molar-refractivity contribution is 5.06. The molecule has 1 heterocycles. The summed E-state index contributed by atoms with van der Waals surface area (Å²) in [6.07, 6.45) is -2.66. The number of aromatic nitrogens is 3. The van der Waals surface area contributed by atoms with Crippen LogP contribution in [0.3, 0.4) is 0 Å². The van der Waals surface area contributed by atoms with Gasteiger partial charge in [0.25, 0.3) is 0 Å². The van der Waals surface area contributed by atoms with Gasteiger partial charge in [-0.3, -0.25) is 0 Å². The fourth-order valence-electron chi connectivity index (χ4n) is 1.32. The van der Waals surface area contributed by atoms with Crippen LogP contribution < -0.4 is 0 Å². The van der Waals surface area contributed by atoms with Gasteiger partial charge in [-0.2, -0.15) is 13.2 Å². The number of halogens is 3. The highest BCUT2D eigenvalue weighted by Gasteiger charge is 2.65. The third kappa shape index (κ3) is 1.12. The summed E-state index contributed by atoms with van der Waals surface area (Å²) in [6, 6.07) is 0. The Labute approximate surface area is 72.5 Å². The zero-order chi connectivity index (χ0) is 9.69. The van der Waals surface area contributed by atoms with Crippen LogP contribution in [0.25, 0.3) is 0 Å². The molecule has 1 aromatic rings. The normalized spacial score (nSPS) is 20.3. The van der Waals surface area contributed by atoms with Crippen LogP contribution >= 0.6 is 0 Å². The first-order valence-corrected chi connectivity index (χ1v) is 3.92. The summed E-state index contributed by atoms with van der Waals surface area (Å²) in [5.41, 5.74) is -1.25. The molecule has 1 aliphatic rings. The van der Waals surface area contributed by atoms with Gasteiger partial charge in [0, 0.05) is 6.20 Å². The molecule has 72 valence electrons. The lowest BCUT2D eigenvalue weighted by Gasteiger charge is -2.18. The van der Waals surface area contributed by atoms with Crippen molar-refractivity contribution in [2.45, 2.75) is 31.5 Å². The molecule has 1 aromatic heterocycles. The summed E-state index contributed by atoms with van der Waals surface area (Å²) in [4.78, 5) is 0. The fourth-order valence-corrected chi connectivity index (χ4v) is 1.32. The summed E-state index contributed by atoms with van der Waals surface area (Å²) in [5.74, 6) is 0. The Morgan fingerprint density at radius 1 is 1.46 bits per heavy atom. The van der Waals surface area contributed by atoms with E-state index in [0.29, 0.717) is 5.69 Å². The average Bonchev–Trinajstić information content (AvgIpc) is 2.70. The van der Waals surface area contributed by atoms with Crippen LogP contribution in [0.2, 0.25) is 0 Å². The van der Waals surface area contributed by atoms with E-state index in [0.717, 1.165) is 4.68 Å². The molecular weight excluding hydrogens is 183 g/mol. The van der Waals surface area contributed by atoms with Gasteiger partial charge in [0.15, 0.2) is 5.54 Å². The number of hydrogen-bond donors (Lipinski definition) is 0. The Bertz CT molecular complexity index is 324. The second-order valence-corrected chi connectivity index (χ2v) is 3.33. The van der Waals surface area contributed by atoms with E-state index < -0.39 is 11.7 Å². The Morgan fingerprint density at radius 3 is 2.38 bits per heavy atom. The van der Waals surface area contributed by atoms with Gasteiger partial charge in [-0.05, 0) is 19.8 Å². The van der Waals surface area contributed by atoms with Gasteiger partial charge in [-0.25, -0.2) is 4.68 Å². The Morgan fingerprint density at radius 2 is 2.08 bits per heavy atom. The minimum atomic E-state index is -4.22. The number of nitrogens with zero attached hydrogens (tertiary/aromatic N) is 3. The fraction of sp³-hybridized carbons (Fsp3) is 0.714. The van der Waals surface area contributed by atoms with Gasteiger partial charge < -0.3 is 0 Å². The maximum Gasteiger partial charge on any atom is 0.413 e. The van der Waals surface area contributed by atoms with Crippen LogP contribution in [0.4, 0.5) is 13.2 Å². The highest BCUT2D eigenvalue weighted by atomic mass is 19.4. The van der Waals surface area contributed by atoms with Crippen molar-refractivity contribution >= 4 is 0 Å². The maximum absolute atomic E-state index is 12.5. The molecule has 3 nitrogen and oxygen atoms in total. The molecule has 0 radical (unpaired) electrons. The minimum absolute atomic E-state index is 0.110. The van der Waals surface area contributed by atoms with E-state index in [1.54, 1.807) is 6.92 Å². The van der Waals surface area contributed by atoms with Crippen molar-refractivity contribution in [3.63, 3.8) is 0 Å². The predicted octanol–water partition coefficient (Wildman–Crippen LogP) is 1.64. The van der Waals surface area contributed by atoms with Gasteiger partial charge in [0.2, 0.25) is 0 Å². The molecule has 0 N–H and O–H groups in total. The van der Waals surface area contributed by atoms with Crippen molar-refractivity contribution in [3.8, 4) is 0 Å². The van der Waals surface area contributed by atoms with Crippen LogP contribution in [-0.2, 0) is 5.54 Å². The van der Waals surface area contributed by atoms with Crippen molar-refractivity contribution in [3.05, 3.63) is 11.9 Å². The molecule has 1 saturated carbocycles. The van der Waals surface area contributed by atoms with Crippen molar-refractivity contribution in [1.82, 2.24) is 15.0 Å². The van der Waals surface area contributed by atoms with E-state index in [4.69, 9.17) is 0 Å². The second kappa shape index (κ2) is 2.24. The lowest BCUT2D eigenvalue weighted by Crippen LogP contribution is -2.35. The number of hydrogen-bond acceptors (Lipinski definition) is 2. The van der Waals surface area contributed by atoms with Crippen LogP contribution in [0.1, 0.15) is 18.5 Å². The lowest BCUT2D eigenvalue weighted by molar-refractivity contribution is -0.182. The summed E-state index contributed by atoms with van der Waals surface area (Å²) < 4.78 is 38.4. The molecule has 0 aliphatic heterocycles. The highest BCUT2D eigenvalue weighted by Crippen LogP contribution is 2.54. The molecule has 1 fully saturated rings. The Hall–Kier alpha value is -1.07. The Balaban J connectivity index is 2.36. The largest absolute Gasteiger partial charge is 0.413 e. The minimum Gasteiger partial charge on any atom is -0.237 e. The zero-order valence-corrected chi connectivity index (χ0v) is 6.97. The van der Waals surface area contributed by atoms with Crippen molar-refractivity contribution in [2.75, 3.05) is 0 Å². The molecule has 0 saturated heterocycles. The van der Waals surface area contributed by atoms with E-state index in [1.165, 1.54) is 6.20 Å². The van der Waals surface area contributed by atoms with Crippen LogP contribution in [0, 0.1) is 6.92 Å². The number of alkyl halides is 3. The molecule has 2 rings (SSSR count). The van der Waals surface area contributed by atoms with E-state index in [1.807, 2.05) is 0 Å². The van der Waals surface area contributed by atoms with Crippen LogP contribution in [-0.4, -0.2) is 21.2 Å². The number of aryl methyl sites for hydroxylation is 1. The second-order valence-electron chi connectivity index (χ2n) is 3.33. The smallest absolute Gasteiger partial charge is 0.237 e. The molecular formula is C7H8F3N3. The lowest BCUT2D eigenvalue weighted by atomic mass is 10.3. The topological polar surface area (TPSA) is 30.7 Å². The van der Waals surface area contributed by atoms with Gasteiger partial charge >= 0.3 is 6.18 Å². The maximum atomic E-state index is 12.5. The van der Waals surface area contributed by atoms with Crippen molar-refractivity contribution in [1.29, 1.82) is 0 Å². The van der Waals surface area contributed by atoms with Gasteiger partial charge in [0.05, 0.1) is 5.69 Å². The summed E-state index contributed by atoms with van der Waals surface area (Å²) in [6.45, 7) is 1.62. The first-order chi connectivity index (χ1) is 5.96. The quantitative estimate of drug-likeness (QED) is 0.675. The molecule has 1 aliphatic carbocycles. The van der Waals surface area contributed by atoms with Gasteiger partial charge in [0.1, 0.15) is 0 Å². The summed E-state index contributed by atoms with van der Waals surface area (Å²) in [7, 11) is 0. The van der Waals surface area contributed by atoms with E-state index in [9.17, 15) is 13.2 Å². The first-order valence-electron chi connectivity index (χ1n) is 3.92. The standard InChI is InChI=1S/C7H8F3N3/c1-5-4-13(12-11-5)6(2-3-6)7(8,9)10/h4H,2-3H2,1H3. The molecule has 0 atom stereocenters. The molecule has 0 amide bonds. The van der Waals surface area contributed by atoms with Crippen LogP contribution in [0.5, 0.6) is 0 Å². The molecule has 6 heteroatoms. The van der Waals surface area contributed by atoms with Crippen LogP contribution in [0.15, 0.2) is 6.20 Å². The van der Waals surface area contributed by atoms with Gasteiger partial charge in [-0.1, -0.05) is 5.21 Å². The van der Waals surface area contributed by atoms with Crippen molar-refractivity contribution in [2.24, 2.45) is 0 Å². The van der Waals surface area contributed by atoms with Crippen molar-refractivity contribution < 1.29 is 13.2 Å². The molecule has 0 aromatic carbocycles. The summed E-state index contributed by atoms with van der Waals surface area (Å²) >= 11 is 0. The molecule has 0 bridgehead atoms. The molecule has 13 heavy (non-hydrogen) atoms. The zero-order valence-electron chi connectivity index (χ0n) is 6.97. The molecule has 0 unspecified atom stereocenters. The third-order valence-corrected chi connectivity index (χ3v) is 2.30. The Kier molecular flexibility index (Phi) is 1.47. The van der Waals surface area contributed by atoms with E-state index >= 15 is 0 Å². The van der Waals surface area contributed by atoms with E-state index in [2.05, 4.69) is 10.3 Å².